The van der Waals surface area contributed by atoms with E-state index in [0.29, 0.717) is 17.1 Å². The van der Waals surface area contributed by atoms with Crippen LogP contribution in [0.25, 0.3) is 0 Å². The van der Waals surface area contributed by atoms with Crippen molar-refractivity contribution in [1.29, 1.82) is 0 Å². The number of benzene rings is 1. The van der Waals surface area contributed by atoms with E-state index in [1.807, 2.05) is 6.07 Å². The van der Waals surface area contributed by atoms with Crippen LogP contribution in [0, 0.1) is 10.1 Å². The van der Waals surface area contributed by atoms with Crippen molar-refractivity contribution in [3.05, 3.63) is 57.0 Å². The summed E-state index contributed by atoms with van der Waals surface area (Å²) in [7, 11) is 1.55. The summed E-state index contributed by atoms with van der Waals surface area (Å²) in [5, 5.41) is 13.0. The molecule has 0 aliphatic rings. The third-order valence-corrected chi connectivity index (χ3v) is 3.95. The van der Waals surface area contributed by atoms with Gasteiger partial charge in [0.25, 0.3) is 5.91 Å². The molecule has 0 bridgehead atoms. The highest BCUT2D eigenvalue weighted by Crippen LogP contribution is 2.24. The van der Waals surface area contributed by atoms with Gasteiger partial charge in [0.2, 0.25) is 0 Å². The zero-order valence-corrected chi connectivity index (χ0v) is 13.5. The second kappa shape index (κ2) is 8.06. The molecule has 0 saturated heterocycles. The molecule has 0 unspecified atom stereocenters. The molecule has 0 atom stereocenters. The largest absolute Gasteiger partial charge is 0.497 e. The molecule has 1 N–H and O–H groups in total. The first-order valence-corrected chi connectivity index (χ1v) is 7.62. The summed E-state index contributed by atoms with van der Waals surface area (Å²) in [5.41, 5.74) is 0.836. The highest BCUT2D eigenvalue weighted by Gasteiger charge is 2.17. The minimum absolute atomic E-state index is 0.0716. The van der Waals surface area contributed by atoms with Crippen LogP contribution in [-0.4, -0.2) is 30.5 Å². The van der Waals surface area contributed by atoms with Gasteiger partial charge in [-0.3, -0.25) is 14.9 Å². The number of hydrogen-bond acceptors (Lipinski definition) is 7. The average molecular weight is 350 g/mol. The van der Waals surface area contributed by atoms with Gasteiger partial charge >= 0.3 is 11.0 Å². The van der Waals surface area contributed by atoms with E-state index in [1.165, 1.54) is 12.1 Å². The number of nitrogens with zero attached hydrogens (tertiary/aromatic N) is 1. The first kappa shape index (κ1) is 17.4. The standard InChI is InChI=1S/C15H14N2O6S/c1-22-11-4-2-3-10(7-11)8-16-13(18)9-23-15(19)12-5-6-14(24-12)17(20)21/h2-7H,8-9H2,1H3,(H,16,18). The number of carbonyl (C=O) groups excluding carboxylic acids is 2. The van der Waals surface area contributed by atoms with E-state index < -0.39 is 23.4 Å². The number of rotatable bonds is 7. The van der Waals surface area contributed by atoms with Gasteiger partial charge in [-0.25, -0.2) is 4.79 Å². The van der Waals surface area contributed by atoms with E-state index in [-0.39, 0.29) is 16.4 Å². The summed E-state index contributed by atoms with van der Waals surface area (Å²) in [6, 6.07) is 9.68. The van der Waals surface area contributed by atoms with Gasteiger partial charge in [-0.1, -0.05) is 23.5 Å². The molecular formula is C15H14N2O6S. The molecule has 0 spiro atoms. The number of amides is 1. The van der Waals surface area contributed by atoms with Crippen molar-refractivity contribution in [1.82, 2.24) is 5.32 Å². The molecule has 0 saturated carbocycles. The maximum atomic E-state index is 11.7. The molecule has 2 rings (SSSR count). The van der Waals surface area contributed by atoms with Crippen molar-refractivity contribution in [3.63, 3.8) is 0 Å². The third kappa shape index (κ3) is 4.78. The van der Waals surface area contributed by atoms with Gasteiger partial charge in [-0.15, -0.1) is 0 Å². The van der Waals surface area contributed by atoms with Crippen LogP contribution in [0.3, 0.4) is 0 Å². The van der Waals surface area contributed by atoms with E-state index in [4.69, 9.17) is 9.47 Å². The quantitative estimate of drug-likeness (QED) is 0.466. The van der Waals surface area contributed by atoms with Gasteiger partial charge in [-0.05, 0) is 23.8 Å². The fraction of sp³-hybridized carbons (Fsp3) is 0.200. The normalized spacial score (nSPS) is 10.0. The van der Waals surface area contributed by atoms with E-state index in [1.54, 1.807) is 25.3 Å². The van der Waals surface area contributed by atoms with Crippen molar-refractivity contribution in [2.24, 2.45) is 0 Å². The molecule has 0 fully saturated rings. The maximum absolute atomic E-state index is 11.7. The van der Waals surface area contributed by atoms with Crippen LogP contribution in [0.15, 0.2) is 36.4 Å². The second-order valence-electron chi connectivity index (χ2n) is 4.60. The molecule has 0 aliphatic heterocycles. The predicted octanol–water partition coefficient (Wildman–Crippen LogP) is 2.14. The fourth-order valence-electron chi connectivity index (χ4n) is 1.77. The summed E-state index contributed by atoms with van der Waals surface area (Å²) >= 11 is 0.696. The van der Waals surface area contributed by atoms with Crippen LogP contribution < -0.4 is 10.1 Å². The van der Waals surface area contributed by atoms with Crippen molar-refractivity contribution in [3.8, 4) is 5.75 Å². The summed E-state index contributed by atoms with van der Waals surface area (Å²) in [4.78, 5) is 33.4. The zero-order valence-electron chi connectivity index (χ0n) is 12.7. The minimum Gasteiger partial charge on any atom is -0.497 e. The number of nitro groups is 1. The number of carbonyl (C=O) groups is 2. The van der Waals surface area contributed by atoms with Crippen LogP contribution in [0.4, 0.5) is 5.00 Å². The van der Waals surface area contributed by atoms with Crippen molar-refractivity contribution in [2.75, 3.05) is 13.7 Å². The van der Waals surface area contributed by atoms with Crippen LogP contribution in [0.5, 0.6) is 5.75 Å². The Hall–Kier alpha value is -2.94. The molecule has 1 aromatic heterocycles. The molecule has 9 heteroatoms. The van der Waals surface area contributed by atoms with Gasteiger partial charge in [0.1, 0.15) is 10.6 Å². The Morgan fingerprint density at radius 2 is 2.08 bits per heavy atom. The highest BCUT2D eigenvalue weighted by molar-refractivity contribution is 7.17. The van der Waals surface area contributed by atoms with E-state index in [2.05, 4.69) is 5.32 Å². The molecule has 1 heterocycles. The van der Waals surface area contributed by atoms with Crippen LogP contribution in [0.1, 0.15) is 15.2 Å². The van der Waals surface area contributed by atoms with E-state index in [9.17, 15) is 19.7 Å². The smallest absolute Gasteiger partial charge is 0.349 e. The first-order chi connectivity index (χ1) is 11.5. The SMILES string of the molecule is COc1cccc(CNC(=O)COC(=O)c2ccc([N+](=O)[O-])s2)c1. The fourth-order valence-corrected chi connectivity index (χ4v) is 2.49. The first-order valence-electron chi connectivity index (χ1n) is 6.80. The monoisotopic (exact) mass is 350 g/mol. The van der Waals surface area contributed by atoms with Crippen molar-refractivity contribution < 1.29 is 24.0 Å². The number of hydrogen-bond donors (Lipinski definition) is 1. The van der Waals surface area contributed by atoms with Gasteiger partial charge in [0.05, 0.1) is 12.0 Å². The average Bonchev–Trinajstić information content (AvgIpc) is 3.08. The van der Waals surface area contributed by atoms with Crippen LogP contribution in [0.2, 0.25) is 0 Å². The topological polar surface area (TPSA) is 108 Å². The van der Waals surface area contributed by atoms with E-state index in [0.717, 1.165) is 5.56 Å². The molecule has 0 aliphatic carbocycles. The number of esters is 1. The number of nitrogens with one attached hydrogen (secondary N) is 1. The third-order valence-electron chi connectivity index (χ3n) is 2.93. The molecule has 24 heavy (non-hydrogen) atoms. The lowest BCUT2D eigenvalue weighted by Gasteiger charge is -2.07. The Morgan fingerprint density at radius 1 is 1.29 bits per heavy atom. The Morgan fingerprint density at radius 3 is 2.75 bits per heavy atom. The molecule has 8 nitrogen and oxygen atoms in total. The summed E-state index contributed by atoms with van der Waals surface area (Å²) in [5.74, 6) is -0.575. The lowest BCUT2D eigenvalue weighted by Crippen LogP contribution is -2.28. The van der Waals surface area contributed by atoms with Gasteiger partial charge in [0, 0.05) is 12.6 Å². The van der Waals surface area contributed by atoms with Crippen molar-refractivity contribution >= 4 is 28.2 Å². The number of ether oxygens (including phenoxy) is 2. The molecule has 1 amide bonds. The summed E-state index contributed by atoms with van der Waals surface area (Å²) in [6.07, 6.45) is 0. The molecule has 126 valence electrons. The minimum atomic E-state index is -0.773. The molecule has 2 aromatic rings. The zero-order chi connectivity index (χ0) is 17.5. The van der Waals surface area contributed by atoms with Crippen molar-refractivity contribution in [2.45, 2.75) is 6.54 Å². The molecule has 1 aromatic carbocycles. The van der Waals surface area contributed by atoms with Gasteiger partial charge < -0.3 is 14.8 Å². The maximum Gasteiger partial charge on any atom is 0.349 e. The van der Waals surface area contributed by atoms with E-state index >= 15 is 0 Å². The number of thiophene rings is 1. The predicted molar refractivity (Wildman–Crippen MR) is 86.1 cm³/mol. The second-order valence-corrected chi connectivity index (χ2v) is 5.66. The summed E-state index contributed by atoms with van der Waals surface area (Å²) < 4.78 is 9.91. The summed E-state index contributed by atoms with van der Waals surface area (Å²) in [6.45, 7) is -0.202. The Kier molecular flexibility index (Phi) is 5.85. The lowest BCUT2D eigenvalue weighted by molar-refractivity contribution is -0.380. The molecule has 0 radical (unpaired) electrons. The Bertz CT molecular complexity index is 758. The van der Waals surface area contributed by atoms with Crippen LogP contribution >= 0.6 is 11.3 Å². The highest BCUT2D eigenvalue weighted by atomic mass is 32.1. The number of methoxy groups -OCH3 is 1. The van der Waals surface area contributed by atoms with Crippen LogP contribution in [-0.2, 0) is 16.1 Å². The van der Waals surface area contributed by atoms with Gasteiger partial charge in [-0.2, -0.15) is 0 Å². The van der Waals surface area contributed by atoms with Gasteiger partial charge in [0.15, 0.2) is 6.61 Å². The Labute approximate surface area is 141 Å². The Balaban J connectivity index is 1.79. The molecular weight excluding hydrogens is 336 g/mol. The lowest BCUT2D eigenvalue weighted by atomic mass is 10.2.